The second-order valence-corrected chi connectivity index (χ2v) is 8.89. The quantitative estimate of drug-likeness (QED) is 0.612. The lowest BCUT2D eigenvalue weighted by Gasteiger charge is -2.32. The highest BCUT2D eigenvalue weighted by Gasteiger charge is 2.28. The van der Waals surface area contributed by atoms with Crippen molar-refractivity contribution in [1.82, 2.24) is 19.6 Å². The Morgan fingerprint density at radius 3 is 2.63 bits per heavy atom. The van der Waals surface area contributed by atoms with Crippen molar-refractivity contribution in [1.29, 1.82) is 0 Å². The molecule has 2 aromatic rings. The summed E-state index contributed by atoms with van der Waals surface area (Å²) in [5.74, 6) is 0.288. The number of hydrogen-bond acceptors (Lipinski definition) is 6. The van der Waals surface area contributed by atoms with Gasteiger partial charge in [0.1, 0.15) is 11.4 Å². The van der Waals surface area contributed by atoms with E-state index in [-0.39, 0.29) is 18.2 Å². The molecule has 1 amide bonds. The lowest BCUT2D eigenvalue weighted by atomic mass is 9.95. The van der Waals surface area contributed by atoms with Crippen molar-refractivity contribution in [2.24, 2.45) is 5.92 Å². The summed E-state index contributed by atoms with van der Waals surface area (Å²) in [4.78, 5) is 31.4. The number of carbonyl (C=O) groups is 2. The van der Waals surface area contributed by atoms with Gasteiger partial charge in [-0.2, -0.15) is 0 Å². The van der Waals surface area contributed by atoms with Crippen LogP contribution < -0.4 is 11.1 Å². The van der Waals surface area contributed by atoms with E-state index < -0.39 is 5.60 Å². The first-order valence-electron chi connectivity index (χ1n) is 10.3. The minimum atomic E-state index is -1.30. The van der Waals surface area contributed by atoms with Gasteiger partial charge < -0.3 is 16.2 Å². The number of rotatable bonds is 7. The number of ketones is 1. The smallest absolute Gasteiger partial charge is 0.255 e. The number of carbonyl (C=O) groups excluding carboxylic acids is 2. The summed E-state index contributed by atoms with van der Waals surface area (Å²) >= 11 is 6.22. The van der Waals surface area contributed by atoms with Gasteiger partial charge in [-0.25, -0.2) is 4.98 Å². The second-order valence-electron chi connectivity index (χ2n) is 8.48. The molecule has 0 saturated carbocycles. The third-order valence-electron chi connectivity index (χ3n) is 5.69. The van der Waals surface area contributed by atoms with E-state index in [1.807, 2.05) is 6.92 Å². The van der Waals surface area contributed by atoms with Crippen LogP contribution >= 0.6 is 11.6 Å². The van der Waals surface area contributed by atoms with Crippen LogP contribution in [0.2, 0.25) is 5.02 Å². The lowest BCUT2D eigenvalue weighted by molar-refractivity contribution is -0.135. The van der Waals surface area contributed by atoms with Crippen LogP contribution in [0.25, 0.3) is 5.65 Å². The zero-order valence-corrected chi connectivity index (χ0v) is 18.5. The Kier molecular flexibility index (Phi) is 6.69. The number of nitrogens with one attached hydrogen (secondary N) is 1. The average molecular weight is 436 g/mol. The van der Waals surface area contributed by atoms with E-state index in [0.29, 0.717) is 34.5 Å². The number of anilines is 1. The summed E-state index contributed by atoms with van der Waals surface area (Å²) in [7, 11) is 0. The van der Waals surface area contributed by atoms with Gasteiger partial charge in [-0.05, 0) is 58.2 Å². The van der Waals surface area contributed by atoms with Crippen LogP contribution in [-0.4, -0.2) is 62.9 Å². The monoisotopic (exact) mass is 435 g/mol. The summed E-state index contributed by atoms with van der Waals surface area (Å²) in [6, 6.07) is 1.57. The first-order valence-corrected chi connectivity index (χ1v) is 10.7. The summed E-state index contributed by atoms with van der Waals surface area (Å²) in [5, 5.41) is 13.1. The Balaban J connectivity index is 1.59. The molecule has 164 valence electrons. The molecule has 0 atom stereocenters. The van der Waals surface area contributed by atoms with Crippen LogP contribution in [0.15, 0.2) is 12.3 Å². The van der Waals surface area contributed by atoms with Crippen LogP contribution in [0.1, 0.15) is 49.7 Å². The maximum absolute atomic E-state index is 12.8. The fraction of sp³-hybridized carbons (Fsp3) is 0.571. The van der Waals surface area contributed by atoms with E-state index in [4.69, 9.17) is 17.3 Å². The van der Waals surface area contributed by atoms with Gasteiger partial charge in [0.2, 0.25) is 0 Å². The largest absolute Gasteiger partial charge is 0.384 e. The number of likely N-dealkylation sites (tertiary alicyclic amines) is 1. The molecule has 1 aliphatic heterocycles. The molecule has 1 saturated heterocycles. The number of nitrogens with two attached hydrogens (primary N) is 1. The summed E-state index contributed by atoms with van der Waals surface area (Å²) < 4.78 is 1.66. The number of fused-ring (bicyclic) bond motifs is 1. The fourth-order valence-electron chi connectivity index (χ4n) is 3.60. The highest BCUT2D eigenvalue weighted by atomic mass is 35.5. The number of aliphatic hydroxyl groups is 1. The second kappa shape index (κ2) is 8.91. The molecule has 3 heterocycles. The predicted octanol–water partition coefficient (Wildman–Crippen LogP) is 1.91. The molecule has 1 fully saturated rings. The Hall–Kier alpha value is -2.16. The Morgan fingerprint density at radius 2 is 2.03 bits per heavy atom. The third-order valence-corrected chi connectivity index (χ3v) is 5.99. The molecule has 30 heavy (non-hydrogen) atoms. The number of halogens is 1. The lowest BCUT2D eigenvalue weighted by Crippen LogP contribution is -2.45. The van der Waals surface area contributed by atoms with Crippen LogP contribution in [0.4, 0.5) is 5.82 Å². The third kappa shape index (κ3) is 4.94. The molecule has 0 radical (unpaired) electrons. The summed E-state index contributed by atoms with van der Waals surface area (Å²) in [6.07, 6.45) is 4.29. The van der Waals surface area contributed by atoms with Gasteiger partial charge in [0.05, 0.1) is 22.8 Å². The number of pyridine rings is 1. The van der Waals surface area contributed by atoms with Gasteiger partial charge in [-0.1, -0.05) is 18.5 Å². The molecule has 4 N–H and O–H groups in total. The van der Waals surface area contributed by atoms with Crippen molar-refractivity contribution in [3.05, 3.63) is 28.5 Å². The number of piperidine rings is 1. The van der Waals surface area contributed by atoms with E-state index in [1.165, 1.54) is 13.8 Å². The maximum Gasteiger partial charge on any atom is 0.255 e. The topological polar surface area (TPSA) is 113 Å². The normalized spacial score (nSPS) is 16.2. The van der Waals surface area contributed by atoms with E-state index in [1.54, 1.807) is 16.7 Å². The summed E-state index contributed by atoms with van der Waals surface area (Å²) in [6.45, 7) is 7.34. The molecular weight excluding hydrogens is 406 g/mol. The number of aryl methyl sites for hydroxylation is 1. The van der Waals surface area contributed by atoms with Crippen molar-refractivity contribution < 1.29 is 14.7 Å². The average Bonchev–Trinajstić information content (AvgIpc) is 3.14. The van der Waals surface area contributed by atoms with Gasteiger partial charge in [-0.15, -0.1) is 0 Å². The standard InChI is InChI=1S/C21H30ClN5O3/c1-4-14-11-27-18(23)16(22)9-15(19(27)25-14)20(29)24-10-13-5-7-26(8-6-13)12-17(28)21(2,3)30/h9,11,13,30H,4-8,10,12,23H2,1-3H3,(H,24,29). The first kappa shape index (κ1) is 22.5. The van der Waals surface area contributed by atoms with Crippen molar-refractivity contribution in [3.8, 4) is 0 Å². The minimum Gasteiger partial charge on any atom is -0.384 e. The number of aromatic nitrogens is 2. The molecule has 1 aliphatic rings. The number of Topliss-reactive ketones (excluding diaryl/α,β-unsaturated/α-hetero) is 1. The fourth-order valence-corrected chi connectivity index (χ4v) is 3.80. The molecular formula is C21H30ClN5O3. The zero-order chi connectivity index (χ0) is 22.1. The van der Waals surface area contributed by atoms with Crippen LogP contribution in [0.5, 0.6) is 0 Å². The van der Waals surface area contributed by atoms with E-state index in [0.717, 1.165) is 38.0 Å². The van der Waals surface area contributed by atoms with Crippen LogP contribution in [-0.2, 0) is 11.2 Å². The first-order chi connectivity index (χ1) is 14.1. The number of imidazole rings is 1. The number of hydrogen-bond donors (Lipinski definition) is 3. The van der Waals surface area contributed by atoms with Crippen LogP contribution in [0.3, 0.4) is 0 Å². The van der Waals surface area contributed by atoms with E-state index >= 15 is 0 Å². The van der Waals surface area contributed by atoms with Gasteiger partial charge in [0.15, 0.2) is 11.4 Å². The van der Waals surface area contributed by atoms with Crippen molar-refractivity contribution in [2.45, 2.75) is 45.6 Å². The maximum atomic E-state index is 12.8. The molecule has 0 aromatic carbocycles. The summed E-state index contributed by atoms with van der Waals surface area (Å²) in [5.41, 5.74) is 6.48. The highest BCUT2D eigenvalue weighted by molar-refractivity contribution is 6.33. The number of nitrogens with zero attached hydrogens (tertiary/aromatic N) is 3. The Morgan fingerprint density at radius 1 is 1.37 bits per heavy atom. The molecule has 0 aliphatic carbocycles. The Labute approximate surface area is 181 Å². The molecule has 8 nitrogen and oxygen atoms in total. The van der Waals surface area contributed by atoms with Gasteiger partial charge in [-0.3, -0.25) is 18.9 Å². The number of amides is 1. The van der Waals surface area contributed by atoms with E-state index in [9.17, 15) is 14.7 Å². The molecule has 3 rings (SSSR count). The minimum absolute atomic E-state index is 0.176. The van der Waals surface area contributed by atoms with Gasteiger partial charge >= 0.3 is 0 Å². The molecule has 0 unspecified atom stereocenters. The van der Waals surface area contributed by atoms with Gasteiger partial charge in [0, 0.05) is 12.7 Å². The molecule has 0 bridgehead atoms. The molecule has 2 aromatic heterocycles. The van der Waals surface area contributed by atoms with Crippen molar-refractivity contribution in [3.63, 3.8) is 0 Å². The molecule has 9 heteroatoms. The highest BCUT2D eigenvalue weighted by Crippen LogP contribution is 2.25. The Bertz CT molecular complexity index is 942. The number of nitrogen functional groups attached to an aromatic ring is 1. The van der Waals surface area contributed by atoms with Crippen molar-refractivity contribution >= 4 is 34.8 Å². The molecule has 0 spiro atoms. The van der Waals surface area contributed by atoms with Crippen molar-refractivity contribution in [2.75, 3.05) is 31.9 Å². The van der Waals surface area contributed by atoms with Gasteiger partial charge in [0.25, 0.3) is 5.91 Å². The zero-order valence-electron chi connectivity index (χ0n) is 17.7. The van der Waals surface area contributed by atoms with Crippen LogP contribution in [0, 0.1) is 5.92 Å². The SMILES string of the molecule is CCc1cn2c(N)c(Cl)cc(C(=O)NCC3CCN(CC(=O)C(C)(C)O)CC3)c2n1. The predicted molar refractivity (Wildman–Crippen MR) is 117 cm³/mol. The van der Waals surface area contributed by atoms with E-state index in [2.05, 4.69) is 15.2 Å².